The Labute approximate surface area is 121 Å². The Morgan fingerprint density at radius 1 is 1.20 bits per heavy atom. The van der Waals surface area contributed by atoms with Gasteiger partial charge in [-0.05, 0) is 30.4 Å². The van der Waals surface area contributed by atoms with Crippen LogP contribution in [0.1, 0.15) is 43.2 Å². The molecule has 1 aromatic rings. The first-order chi connectivity index (χ1) is 9.81. The van der Waals surface area contributed by atoms with Crippen molar-refractivity contribution in [3.8, 4) is 0 Å². The van der Waals surface area contributed by atoms with Gasteiger partial charge in [-0.25, -0.2) is 0 Å². The molecule has 3 rings (SSSR count). The molecular weight excluding hydrogens is 248 g/mol. The van der Waals surface area contributed by atoms with Crippen LogP contribution in [0, 0.1) is 0 Å². The van der Waals surface area contributed by atoms with Crippen LogP contribution in [-0.2, 0) is 17.8 Å². The van der Waals surface area contributed by atoms with Crippen molar-refractivity contribution < 1.29 is 4.79 Å². The van der Waals surface area contributed by atoms with Crippen molar-refractivity contribution in [2.24, 2.45) is 0 Å². The van der Waals surface area contributed by atoms with Crippen molar-refractivity contribution in [1.29, 1.82) is 0 Å². The Morgan fingerprint density at radius 3 is 2.75 bits per heavy atom. The van der Waals surface area contributed by atoms with Gasteiger partial charge in [-0.1, -0.05) is 37.1 Å². The highest BCUT2D eigenvalue weighted by atomic mass is 16.1. The summed E-state index contributed by atoms with van der Waals surface area (Å²) in [6.07, 6.45) is 6.63. The van der Waals surface area contributed by atoms with E-state index in [2.05, 4.69) is 34.5 Å². The normalized spacial score (nSPS) is 19.8. The first kappa shape index (κ1) is 13.6. The lowest BCUT2D eigenvalue weighted by Gasteiger charge is -2.28. The lowest BCUT2D eigenvalue weighted by atomic mass is 10.00. The molecule has 2 aliphatic rings. The smallest absolute Gasteiger partial charge is 0.221 e. The van der Waals surface area contributed by atoms with E-state index in [0.717, 1.165) is 26.1 Å². The number of hydrogen-bond donors (Lipinski definition) is 1. The molecule has 0 spiro atoms. The monoisotopic (exact) mass is 272 g/mol. The molecule has 1 N–H and O–H groups in total. The minimum absolute atomic E-state index is 0.232. The SMILES string of the molecule is O=C(CCN1CCc2ccccc2C1)NC1CCCC1. The number of carbonyl (C=O) groups is 1. The van der Waals surface area contributed by atoms with Gasteiger partial charge in [0.1, 0.15) is 0 Å². The molecule has 0 aromatic heterocycles. The molecule has 1 amide bonds. The summed E-state index contributed by atoms with van der Waals surface area (Å²) in [6.45, 7) is 2.95. The zero-order chi connectivity index (χ0) is 13.8. The molecule has 1 aliphatic heterocycles. The Balaban J connectivity index is 1.44. The van der Waals surface area contributed by atoms with E-state index in [9.17, 15) is 4.79 Å². The van der Waals surface area contributed by atoms with Gasteiger partial charge in [-0.2, -0.15) is 0 Å². The molecule has 108 valence electrons. The first-order valence-electron chi connectivity index (χ1n) is 7.90. The zero-order valence-corrected chi connectivity index (χ0v) is 12.1. The number of rotatable bonds is 4. The van der Waals surface area contributed by atoms with E-state index in [4.69, 9.17) is 0 Å². The summed E-state index contributed by atoms with van der Waals surface area (Å²) in [5, 5.41) is 3.17. The van der Waals surface area contributed by atoms with Gasteiger partial charge in [-0.3, -0.25) is 9.69 Å². The first-order valence-corrected chi connectivity index (χ1v) is 7.90. The fourth-order valence-electron chi connectivity index (χ4n) is 3.37. The highest BCUT2D eigenvalue weighted by Crippen LogP contribution is 2.19. The van der Waals surface area contributed by atoms with Crippen LogP contribution in [0.15, 0.2) is 24.3 Å². The number of fused-ring (bicyclic) bond motifs is 1. The summed E-state index contributed by atoms with van der Waals surface area (Å²) in [5.41, 5.74) is 2.90. The second kappa shape index (κ2) is 6.40. The summed E-state index contributed by atoms with van der Waals surface area (Å²) in [7, 11) is 0. The Hall–Kier alpha value is -1.35. The van der Waals surface area contributed by atoms with Crippen molar-refractivity contribution in [3.63, 3.8) is 0 Å². The van der Waals surface area contributed by atoms with E-state index in [1.807, 2.05) is 0 Å². The highest BCUT2D eigenvalue weighted by molar-refractivity contribution is 5.76. The van der Waals surface area contributed by atoms with Crippen molar-refractivity contribution in [2.75, 3.05) is 13.1 Å². The van der Waals surface area contributed by atoms with E-state index < -0.39 is 0 Å². The molecule has 1 aromatic carbocycles. The minimum atomic E-state index is 0.232. The third kappa shape index (κ3) is 3.40. The minimum Gasteiger partial charge on any atom is -0.353 e. The van der Waals surface area contributed by atoms with Gasteiger partial charge in [0, 0.05) is 32.1 Å². The molecule has 1 aliphatic carbocycles. The molecule has 0 bridgehead atoms. The zero-order valence-electron chi connectivity index (χ0n) is 12.1. The Bertz CT molecular complexity index is 466. The predicted molar refractivity (Wildman–Crippen MR) is 80.4 cm³/mol. The van der Waals surface area contributed by atoms with Crippen LogP contribution >= 0.6 is 0 Å². The van der Waals surface area contributed by atoms with Gasteiger partial charge in [0.25, 0.3) is 0 Å². The van der Waals surface area contributed by atoms with E-state index in [0.29, 0.717) is 12.5 Å². The third-order valence-electron chi connectivity index (χ3n) is 4.59. The van der Waals surface area contributed by atoms with Crippen LogP contribution in [0.25, 0.3) is 0 Å². The average molecular weight is 272 g/mol. The van der Waals surface area contributed by atoms with Crippen LogP contribution < -0.4 is 5.32 Å². The van der Waals surface area contributed by atoms with Gasteiger partial charge in [0.2, 0.25) is 5.91 Å². The lowest BCUT2D eigenvalue weighted by Crippen LogP contribution is -2.37. The number of carbonyl (C=O) groups excluding carboxylic acids is 1. The second-order valence-electron chi connectivity index (χ2n) is 6.09. The van der Waals surface area contributed by atoms with Crippen LogP contribution in [0.5, 0.6) is 0 Å². The number of nitrogens with zero attached hydrogens (tertiary/aromatic N) is 1. The summed E-state index contributed by atoms with van der Waals surface area (Å²) in [6, 6.07) is 9.10. The molecule has 1 heterocycles. The summed E-state index contributed by atoms with van der Waals surface area (Å²) in [5.74, 6) is 0.232. The van der Waals surface area contributed by atoms with Crippen molar-refractivity contribution in [3.05, 3.63) is 35.4 Å². The van der Waals surface area contributed by atoms with Gasteiger partial charge in [0.15, 0.2) is 0 Å². The number of hydrogen-bond acceptors (Lipinski definition) is 2. The molecule has 3 heteroatoms. The predicted octanol–water partition coefficient (Wildman–Crippen LogP) is 2.49. The van der Waals surface area contributed by atoms with Crippen LogP contribution in [0.3, 0.4) is 0 Å². The van der Waals surface area contributed by atoms with E-state index in [1.165, 1.54) is 36.8 Å². The molecule has 0 unspecified atom stereocenters. The molecule has 0 radical (unpaired) electrons. The number of nitrogens with one attached hydrogen (secondary N) is 1. The molecule has 3 nitrogen and oxygen atoms in total. The topological polar surface area (TPSA) is 32.3 Å². The van der Waals surface area contributed by atoms with Gasteiger partial charge in [0.05, 0.1) is 0 Å². The van der Waals surface area contributed by atoms with Gasteiger partial charge in [-0.15, -0.1) is 0 Å². The summed E-state index contributed by atoms with van der Waals surface area (Å²) >= 11 is 0. The fourth-order valence-corrected chi connectivity index (χ4v) is 3.37. The number of benzene rings is 1. The van der Waals surface area contributed by atoms with Gasteiger partial charge >= 0.3 is 0 Å². The number of amides is 1. The standard InChI is InChI=1S/C17H24N2O/c20-17(18-16-7-3-4-8-16)10-12-19-11-9-14-5-1-2-6-15(14)13-19/h1-2,5-6,16H,3-4,7-13H2,(H,18,20). The third-order valence-corrected chi connectivity index (χ3v) is 4.59. The molecule has 1 saturated carbocycles. The largest absolute Gasteiger partial charge is 0.353 e. The summed E-state index contributed by atoms with van der Waals surface area (Å²) in [4.78, 5) is 14.3. The van der Waals surface area contributed by atoms with E-state index in [1.54, 1.807) is 0 Å². The van der Waals surface area contributed by atoms with E-state index in [-0.39, 0.29) is 5.91 Å². The van der Waals surface area contributed by atoms with Crippen molar-refractivity contribution in [1.82, 2.24) is 10.2 Å². The Kier molecular flexibility index (Phi) is 4.36. The fraction of sp³-hybridized carbons (Fsp3) is 0.588. The molecule has 0 atom stereocenters. The summed E-state index contributed by atoms with van der Waals surface area (Å²) < 4.78 is 0. The molecule has 20 heavy (non-hydrogen) atoms. The van der Waals surface area contributed by atoms with E-state index >= 15 is 0 Å². The molecule has 1 fully saturated rings. The molecular formula is C17H24N2O. The second-order valence-corrected chi connectivity index (χ2v) is 6.09. The van der Waals surface area contributed by atoms with Gasteiger partial charge < -0.3 is 5.32 Å². The maximum absolute atomic E-state index is 11.9. The quantitative estimate of drug-likeness (QED) is 0.913. The van der Waals surface area contributed by atoms with Crippen LogP contribution in [0.2, 0.25) is 0 Å². The average Bonchev–Trinajstić information content (AvgIpc) is 2.98. The van der Waals surface area contributed by atoms with Crippen LogP contribution in [0.4, 0.5) is 0 Å². The lowest BCUT2D eigenvalue weighted by molar-refractivity contribution is -0.122. The van der Waals surface area contributed by atoms with Crippen molar-refractivity contribution >= 4 is 5.91 Å². The maximum Gasteiger partial charge on any atom is 0.221 e. The highest BCUT2D eigenvalue weighted by Gasteiger charge is 2.19. The molecule has 0 saturated heterocycles. The Morgan fingerprint density at radius 2 is 1.95 bits per heavy atom. The maximum atomic E-state index is 11.9. The van der Waals surface area contributed by atoms with Crippen LogP contribution in [-0.4, -0.2) is 29.9 Å². The van der Waals surface area contributed by atoms with Crippen molar-refractivity contribution in [2.45, 2.75) is 51.1 Å².